The third-order valence-corrected chi connectivity index (χ3v) is 7.07. The summed E-state index contributed by atoms with van der Waals surface area (Å²) in [5.74, 6) is -0.909. The summed E-state index contributed by atoms with van der Waals surface area (Å²) in [4.78, 5) is 15.9. The van der Waals surface area contributed by atoms with Crippen LogP contribution in [0.2, 0.25) is 0 Å². The van der Waals surface area contributed by atoms with Gasteiger partial charge in [-0.3, -0.25) is 0 Å². The highest BCUT2D eigenvalue weighted by atomic mass is 32.2. The van der Waals surface area contributed by atoms with Gasteiger partial charge in [-0.05, 0) is 25.8 Å². The van der Waals surface area contributed by atoms with Crippen molar-refractivity contribution in [1.29, 1.82) is 0 Å². The summed E-state index contributed by atoms with van der Waals surface area (Å²) in [7, 11) is -2.07. The lowest BCUT2D eigenvalue weighted by molar-refractivity contribution is -0.137. The number of methoxy groups -OCH3 is 1. The molecule has 0 spiro atoms. The molecular weight excluding hydrogens is 506 g/mol. The number of hydrogen-bond donors (Lipinski definition) is 1. The molecule has 15 heteroatoms. The van der Waals surface area contributed by atoms with Gasteiger partial charge in [-0.25, -0.2) is 32.7 Å². The van der Waals surface area contributed by atoms with Gasteiger partial charge in [0.25, 0.3) is 5.88 Å². The minimum Gasteiger partial charge on any atom is -0.479 e. The summed E-state index contributed by atoms with van der Waals surface area (Å²) in [6, 6.07) is 1.11. The van der Waals surface area contributed by atoms with Crippen molar-refractivity contribution in [3.63, 3.8) is 0 Å². The third-order valence-electron chi connectivity index (χ3n) is 5.76. The monoisotopic (exact) mass is 529 g/mol. The Morgan fingerprint density at radius 3 is 2.47 bits per heavy atom. The molecular formula is C21H23F4N7O3S. The molecule has 1 aliphatic heterocycles. The predicted molar refractivity (Wildman–Crippen MR) is 122 cm³/mol. The van der Waals surface area contributed by atoms with Gasteiger partial charge < -0.3 is 14.6 Å². The minimum atomic E-state index is -4.77. The van der Waals surface area contributed by atoms with Gasteiger partial charge in [0.15, 0.2) is 0 Å². The first-order valence-corrected chi connectivity index (χ1v) is 12.6. The fourth-order valence-electron chi connectivity index (χ4n) is 3.94. The van der Waals surface area contributed by atoms with E-state index in [1.807, 2.05) is 0 Å². The minimum absolute atomic E-state index is 0.00306. The number of ether oxygens (including phenoxy) is 1. The van der Waals surface area contributed by atoms with Gasteiger partial charge in [-0.1, -0.05) is 0 Å². The fourth-order valence-corrected chi connectivity index (χ4v) is 4.82. The second-order valence-electron chi connectivity index (χ2n) is 8.23. The summed E-state index contributed by atoms with van der Waals surface area (Å²) >= 11 is 0. The molecule has 1 N–H and O–H groups in total. The summed E-state index contributed by atoms with van der Waals surface area (Å²) in [6.07, 6.45) is 0.449. The molecule has 36 heavy (non-hydrogen) atoms. The van der Waals surface area contributed by atoms with Crippen molar-refractivity contribution in [2.75, 3.05) is 31.8 Å². The predicted octanol–water partition coefficient (Wildman–Crippen LogP) is 3.04. The van der Waals surface area contributed by atoms with Gasteiger partial charge in [0, 0.05) is 37.7 Å². The van der Waals surface area contributed by atoms with Crippen molar-refractivity contribution < 1.29 is 30.7 Å². The molecule has 3 aromatic rings. The number of aryl methyl sites for hydroxylation is 1. The number of anilines is 1. The van der Waals surface area contributed by atoms with Crippen molar-refractivity contribution >= 4 is 16.0 Å². The molecule has 1 fully saturated rings. The summed E-state index contributed by atoms with van der Waals surface area (Å²) in [6.45, 7) is 2.06. The van der Waals surface area contributed by atoms with E-state index in [4.69, 9.17) is 4.74 Å². The van der Waals surface area contributed by atoms with Gasteiger partial charge in [0.05, 0.1) is 19.1 Å². The van der Waals surface area contributed by atoms with Crippen LogP contribution in [0.1, 0.15) is 24.2 Å². The second-order valence-corrected chi connectivity index (χ2v) is 10.2. The highest BCUT2D eigenvalue weighted by molar-refractivity contribution is 7.88. The Balaban J connectivity index is 1.68. The molecule has 0 unspecified atom stereocenters. The van der Waals surface area contributed by atoms with Crippen LogP contribution in [-0.4, -0.2) is 69.7 Å². The molecule has 0 aromatic carbocycles. The van der Waals surface area contributed by atoms with Gasteiger partial charge in [0.1, 0.15) is 22.8 Å². The van der Waals surface area contributed by atoms with Crippen LogP contribution >= 0.6 is 0 Å². The molecule has 4 rings (SSSR count). The quantitative estimate of drug-likeness (QED) is 0.485. The first-order chi connectivity index (χ1) is 16.9. The Hall–Kier alpha value is -3.33. The van der Waals surface area contributed by atoms with Crippen LogP contribution in [0.4, 0.5) is 23.5 Å². The van der Waals surface area contributed by atoms with E-state index in [2.05, 4.69) is 25.3 Å². The Morgan fingerprint density at radius 2 is 1.86 bits per heavy atom. The molecule has 0 amide bonds. The van der Waals surface area contributed by atoms with E-state index in [-0.39, 0.29) is 48.2 Å². The molecule has 4 heterocycles. The van der Waals surface area contributed by atoms with E-state index in [0.29, 0.717) is 19.0 Å². The lowest BCUT2D eigenvalue weighted by atomic mass is 10.1. The lowest BCUT2D eigenvalue weighted by Gasteiger charge is -2.30. The van der Waals surface area contributed by atoms with Gasteiger partial charge in [-0.2, -0.15) is 17.6 Å². The van der Waals surface area contributed by atoms with E-state index < -0.39 is 33.3 Å². The molecule has 0 bridgehead atoms. The number of nitrogens with zero attached hydrogens (tertiary/aromatic N) is 6. The average molecular weight is 530 g/mol. The largest absolute Gasteiger partial charge is 0.479 e. The summed E-state index contributed by atoms with van der Waals surface area (Å²) < 4.78 is 87.0. The Bertz CT molecular complexity index is 1370. The maximum atomic E-state index is 14.8. The second kappa shape index (κ2) is 9.61. The Morgan fingerprint density at radius 1 is 1.17 bits per heavy atom. The van der Waals surface area contributed by atoms with E-state index in [1.54, 1.807) is 0 Å². The maximum Gasteiger partial charge on any atom is 0.420 e. The molecule has 0 atom stereocenters. The number of sulfonamides is 1. The molecule has 0 radical (unpaired) electrons. The number of pyridine rings is 1. The zero-order chi connectivity index (χ0) is 26.3. The number of halogens is 4. The zero-order valence-corrected chi connectivity index (χ0v) is 20.4. The van der Waals surface area contributed by atoms with Gasteiger partial charge in [0.2, 0.25) is 21.8 Å². The number of nitrogens with one attached hydrogen (secondary N) is 1. The van der Waals surface area contributed by atoms with Crippen molar-refractivity contribution in [3.8, 4) is 23.0 Å². The first-order valence-electron chi connectivity index (χ1n) is 10.8. The molecule has 1 aliphatic rings. The molecule has 0 saturated carbocycles. The number of alkyl halides is 3. The van der Waals surface area contributed by atoms with Gasteiger partial charge in [-0.15, -0.1) is 0 Å². The molecule has 3 aromatic heterocycles. The SMILES string of the molecule is COc1nccc(-n2cc(-c3nc(NC4CCN(S(C)(=O)=O)CC4)ncc3C(F)(F)F)nc2C)c1F. The number of imidazole rings is 1. The third kappa shape index (κ3) is 5.26. The van der Waals surface area contributed by atoms with E-state index in [9.17, 15) is 26.0 Å². The van der Waals surface area contributed by atoms with Crippen molar-refractivity contribution in [2.24, 2.45) is 0 Å². The highest BCUT2D eigenvalue weighted by Crippen LogP contribution is 2.36. The molecule has 1 saturated heterocycles. The van der Waals surface area contributed by atoms with Crippen LogP contribution in [0.25, 0.3) is 17.1 Å². The average Bonchev–Trinajstić information content (AvgIpc) is 3.19. The number of rotatable bonds is 6. The lowest BCUT2D eigenvalue weighted by Crippen LogP contribution is -2.42. The van der Waals surface area contributed by atoms with Crippen LogP contribution in [0.15, 0.2) is 24.7 Å². The van der Waals surface area contributed by atoms with Crippen LogP contribution < -0.4 is 10.1 Å². The summed E-state index contributed by atoms with van der Waals surface area (Å²) in [5.41, 5.74) is -1.71. The van der Waals surface area contributed by atoms with Crippen LogP contribution in [-0.2, 0) is 16.2 Å². The molecule has 194 valence electrons. The van der Waals surface area contributed by atoms with Crippen molar-refractivity contribution in [3.05, 3.63) is 41.9 Å². The van der Waals surface area contributed by atoms with Crippen LogP contribution in [0.3, 0.4) is 0 Å². The van der Waals surface area contributed by atoms with E-state index in [1.165, 1.54) is 41.4 Å². The van der Waals surface area contributed by atoms with Crippen LogP contribution in [0.5, 0.6) is 5.88 Å². The van der Waals surface area contributed by atoms with Crippen molar-refractivity contribution in [1.82, 2.24) is 28.8 Å². The highest BCUT2D eigenvalue weighted by Gasteiger charge is 2.36. The first kappa shape index (κ1) is 25.8. The fraction of sp³-hybridized carbons (Fsp3) is 0.429. The molecule has 10 nitrogen and oxygen atoms in total. The molecule has 0 aliphatic carbocycles. The Labute approximate surface area is 204 Å². The normalized spacial score (nSPS) is 15.8. The summed E-state index contributed by atoms with van der Waals surface area (Å²) in [5, 5.41) is 2.99. The van der Waals surface area contributed by atoms with E-state index in [0.717, 1.165) is 6.26 Å². The topological polar surface area (TPSA) is 115 Å². The Kier molecular flexibility index (Phi) is 6.88. The van der Waals surface area contributed by atoms with Crippen LogP contribution in [0, 0.1) is 12.7 Å². The number of hydrogen-bond acceptors (Lipinski definition) is 8. The number of aromatic nitrogens is 5. The van der Waals surface area contributed by atoms with Gasteiger partial charge >= 0.3 is 6.18 Å². The van der Waals surface area contributed by atoms with Crippen molar-refractivity contribution in [2.45, 2.75) is 32.0 Å². The maximum absolute atomic E-state index is 14.8. The standard InChI is InChI=1S/C21H23F4N7O3S/c1-12-28-15(11-32(12)16-4-7-26-19(35-2)17(16)22)18-14(21(23,24)25)10-27-20(30-18)29-13-5-8-31(9-6-13)36(3,33)34/h4,7,10-11,13H,5-6,8-9H2,1-3H3,(H,27,29,30). The smallest absolute Gasteiger partial charge is 0.420 e. The van der Waals surface area contributed by atoms with E-state index >= 15 is 0 Å². The number of piperidine rings is 1. The zero-order valence-electron chi connectivity index (χ0n) is 19.5.